The van der Waals surface area contributed by atoms with Gasteiger partial charge in [0.1, 0.15) is 5.69 Å². The van der Waals surface area contributed by atoms with Crippen LogP contribution in [0.3, 0.4) is 0 Å². The minimum Gasteiger partial charge on any atom is -0.347 e. The quantitative estimate of drug-likeness (QED) is 0.842. The maximum atomic E-state index is 11.8. The first-order valence-corrected chi connectivity index (χ1v) is 6.51. The number of amides is 1. The number of halogens is 1. The molecule has 0 radical (unpaired) electrons. The smallest absolute Gasteiger partial charge is 0.272 e. The highest BCUT2D eigenvalue weighted by atomic mass is 79.9. The van der Waals surface area contributed by atoms with E-state index in [0.29, 0.717) is 11.6 Å². The van der Waals surface area contributed by atoms with E-state index >= 15 is 0 Å². The van der Waals surface area contributed by atoms with Crippen molar-refractivity contribution in [2.75, 3.05) is 5.33 Å². The Bertz CT molecular complexity index is 349. The fourth-order valence-electron chi connectivity index (χ4n) is 1.53. The van der Waals surface area contributed by atoms with E-state index < -0.39 is 0 Å². The number of carbonyl (C=O) groups is 1. The third kappa shape index (κ3) is 3.96. The molecule has 0 aromatic carbocycles. The second-order valence-electron chi connectivity index (χ2n) is 4.33. The average molecular weight is 288 g/mol. The summed E-state index contributed by atoms with van der Waals surface area (Å²) in [4.78, 5) is 11.8. The molecule has 1 aromatic heterocycles. The lowest BCUT2D eigenvalue weighted by Gasteiger charge is -2.17. The molecule has 0 fully saturated rings. The molecular weight excluding hydrogens is 270 g/mol. The number of carbonyl (C=O) groups excluding carboxylic acids is 1. The predicted molar refractivity (Wildman–Crippen MR) is 67.7 cm³/mol. The van der Waals surface area contributed by atoms with Gasteiger partial charge in [-0.15, -0.1) is 0 Å². The van der Waals surface area contributed by atoms with E-state index in [-0.39, 0.29) is 11.9 Å². The van der Waals surface area contributed by atoms with Gasteiger partial charge in [-0.05, 0) is 18.4 Å². The summed E-state index contributed by atoms with van der Waals surface area (Å²) in [6.07, 6.45) is 2.73. The maximum absolute atomic E-state index is 11.8. The van der Waals surface area contributed by atoms with Crippen LogP contribution in [-0.2, 0) is 7.05 Å². The lowest BCUT2D eigenvalue weighted by Crippen LogP contribution is -2.37. The number of nitrogens with one attached hydrogen (secondary N) is 1. The highest BCUT2D eigenvalue weighted by molar-refractivity contribution is 9.09. The number of alkyl halides is 1. The van der Waals surface area contributed by atoms with Crippen LogP contribution in [0.2, 0.25) is 0 Å². The Morgan fingerprint density at radius 3 is 2.75 bits per heavy atom. The molecule has 1 N–H and O–H groups in total. The Labute approximate surface area is 105 Å². The summed E-state index contributed by atoms with van der Waals surface area (Å²) in [7, 11) is 1.80. The Morgan fingerprint density at radius 1 is 1.62 bits per heavy atom. The fraction of sp³-hybridized carbons (Fsp3) is 0.636. The molecule has 0 aliphatic heterocycles. The molecule has 0 bridgehead atoms. The van der Waals surface area contributed by atoms with Gasteiger partial charge in [-0.3, -0.25) is 9.48 Å². The highest BCUT2D eigenvalue weighted by Crippen LogP contribution is 2.08. The van der Waals surface area contributed by atoms with Crippen LogP contribution in [0.1, 0.15) is 30.8 Å². The zero-order valence-corrected chi connectivity index (χ0v) is 11.5. The van der Waals surface area contributed by atoms with Gasteiger partial charge >= 0.3 is 0 Å². The van der Waals surface area contributed by atoms with Crippen LogP contribution in [0.4, 0.5) is 0 Å². The van der Waals surface area contributed by atoms with E-state index in [1.165, 1.54) is 0 Å². The summed E-state index contributed by atoms with van der Waals surface area (Å²) < 4.78 is 1.63. The van der Waals surface area contributed by atoms with E-state index in [2.05, 4.69) is 40.2 Å². The third-order valence-corrected chi connectivity index (χ3v) is 3.01. The van der Waals surface area contributed by atoms with Gasteiger partial charge in [-0.2, -0.15) is 5.10 Å². The monoisotopic (exact) mass is 287 g/mol. The third-order valence-electron chi connectivity index (χ3n) is 2.22. The van der Waals surface area contributed by atoms with Crippen LogP contribution in [0, 0.1) is 5.92 Å². The molecule has 90 valence electrons. The first-order valence-electron chi connectivity index (χ1n) is 5.39. The second-order valence-corrected chi connectivity index (χ2v) is 4.98. The van der Waals surface area contributed by atoms with E-state index in [9.17, 15) is 4.79 Å². The van der Waals surface area contributed by atoms with Gasteiger partial charge in [0, 0.05) is 24.6 Å². The van der Waals surface area contributed by atoms with E-state index in [1.54, 1.807) is 24.0 Å². The molecule has 1 unspecified atom stereocenters. The molecule has 0 aliphatic carbocycles. The second kappa shape index (κ2) is 6.03. The van der Waals surface area contributed by atoms with Crippen molar-refractivity contribution in [1.82, 2.24) is 15.1 Å². The fourth-order valence-corrected chi connectivity index (χ4v) is 1.95. The van der Waals surface area contributed by atoms with Crippen molar-refractivity contribution in [3.05, 3.63) is 18.0 Å². The topological polar surface area (TPSA) is 46.9 Å². The van der Waals surface area contributed by atoms with Crippen LogP contribution in [0.25, 0.3) is 0 Å². The summed E-state index contributed by atoms with van der Waals surface area (Å²) in [6, 6.07) is 1.88. The molecule has 1 amide bonds. The molecular formula is C11H18BrN3O. The Balaban J connectivity index is 2.55. The minimum atomic E-state index is -0.106. The molecule has 0 spiro atoms. The van der Waals surface area contributed by atoms with Crippen LogP contribution in [0.5, 0.6) is 0 Å². The molecule has 16 heavy (non-hydrogen) atoms. The normalized spacial score (nSPS) is 12.8. The van der Waals surface area contributed by atoms with Gasteiger partial charge in [-0.1, -0.05) is 29.8 Å². The molecule has 0 aliphatic rings. The first-order chi connectivity index (χ1) is 7.52. The Kier molecular flexibility index (Phi) is 4.99. The number of aryl methyl sites for hydroxylation is 1. The van der Waals surface area contributed by atoms with Crippen LogP contribution < -0.4 is 5.32 Å². The molecule has 1 aromatic rings. The van der Waals surface area contributed by atoms with Crippen molar-refractivity contribution in [2.24, 2.45) is 13.0 Å². The van der Waals surface area contributed by atoms with Crippen molar-refractivity contribution >= 4 is 21.8 Å². The van der Waals surface area contributed by atoms with Gasteiger partial charge < -0.3 is 5.32 Å². The largest absolute Gasteiger partial charge is 0.347 e. The zero-order valence-electron chi connectivity index (χ0n) is 9.90. The van der Waals surface area contributed by atoms with Crippen molar-refractivity contribution < 1.29 is 4.79 Å². The SMILES string of the molecule is CC(C)CC(CBr)NC(=O)c1ccn(C)n1. The van der Waals surface area contributed by atoms with Gasteiger partial charge in [-0.25, -0.2) is 0 Å². The zero-order chi connectivity index (χ0) is 12.1. The van der Waals surface area contributed by atoms with Crippen LogP contribution in [0.15, 0.2) is 12.3 Å². The maximum Gasteiger partial charge on any atom is 0.272 e. The van der Waals surface area contributed by atoms with Gasteiger partial charge in [0.15, 0.2) is 0 Å². The number of rotatable bonds is 5. The van der Waals surface area contributed by atoms with E-state index in [4.69, 9.17) is 0 Å². The lowest BCUT2D eigenvalue weighted by atomic mass is 10.1. The predicted octanol–water partition coefficient (Wildman–Crippen LogP) is 1.96. The summed E-state index contributed by atoms with van der Waals surface area (Å²) in [5.74, 6) is 0.456. The summed E-state index contributed by atoms with van der Waals surface area (Å²) in [5, 5.41) is 7.80. The number of nitrogens with zero attached hydrogens (tertiary/aromatic N) is 2. The van der Waals surface area contributed by atoms with Gasteiger partial charge in [0.05, 0.1) is 0 Å². The highest BCUT2D eigenvalue weighted by Gasteiger charge is 2.15. The molecule has 1 rings (SSSR count). The van der Waals surface area contributed by atoms with Gasteiger partial charge in [0.25, 0.3) is 5.91 Å². The number of hydrogen-bond donors (Lipinski definition) is 1. The van der Waals surface area contributed by atoms with E-state index in [1.807, 2.05) is 0 Å². The van der Waals surface area contributed by atoms with E-state index in [0.717, 1.165) is 11.8 Å². The summed E-state index contributed by atoms with van der Waals surface area (Å²) in [6.45, 7) is 4.28. The Morgan fingerprint density at radius 2 is 2.31 bits per heavy atom. The summed E-state index contributed by atoms with van der Waals surface area (Å²) in [5.41, 5.74) is 0.470. The first kappa shape index (κ1) is 13.2. The summed E-state index contributed by atoms with van der Waals surface area (Å²) >= 11 is 3.41. The minimum absolute atomic E-state index is 0.106. The number of aromatic nitrogens is 2. The van der Waals surface area contributed by atoms with Crippen molar-refractivity contribution in [1.29, 1.82) is 0 Å². The van der Waals surface area contributed by atoms with Gasteiger partial charge in [0.2, 0.25) is 0 Å². The Hall–Kier alpha value is -0.840. The molecule has 1 heterocycles. The molecule has 0 saturated heterocycles. The average Bonchev–Trinajstić information content (AvgIpc) is 2.63. The molecule has 1 atom stereocenters. The molecule has 4 nitrogen and oxygen atoms in total. The lowest BCUT2D eigenvalue weighted by molar-refractivity contribution is 0.0931. The number of hydrogen-bond acceptors (Lipinski definition) is 2. The van der Waals surface area contributed by atoms with Crippen molar-refractivity contribution in [2.45, 2.75) is 26.3 Å². The van der Waals surface area contributed by atoms with Crippen LogP contribution >= 0.6 is 15.9 Å². The molecule has 0 saturated carbocycles. The molecule has 5 heteroatoms. The van der Waals surface area contributed by atoms with Crippen LogP contribution in [-0.4, -0.2) is 27.1 Å². The van der Waals surface area contributed by atoms with Crippen molar-refractivity contribution in [3.63, 3.8) is 0 Å². The van der Waals surface area contributed by atoms with Crippen molar-refractivity contribution in [3.8, 4) is 0 Å². The standard InChI is InChI=1S/C11H18BrN3O/c1-8(2)6-9(7-12)13-11(16)10-4-5-15(3)14-10/h4-5,8-9H,6-7H2,1-3H3,(H,13,16).